The highest BCUT2D eigenvalue weighted by molar-refractivity contribution is 6.30. The van der Waals surface area contributed by atoms with E-state index >= 15 is 0 Å². The van der Waals surface area contributed by atoms with Crippen molar-refractivity contribution in [3.05, 3.63) is 46.7 Å². The fourth-order valence-corrected chi connectivity index (χ4v) is 4.19. The summed E-state index contributed by atoms with van der Waals surface area (Å²) in [7, 11) is 3.29. The summed E-state index contributed by atoms with van der Waals surface area (Å²) in [4.78, 5) is 16.5. The number of nitrogens with zero attached hydrogens (tertiary/aromatic N) is 6. The first-order valence-corrected chi connectivity index (χ1v) is 10.7. The molecule has 0 aliphatic carbocycles. The van der Waals surface area contributed by atoms with Gasteiger partial charge in [-0.3, -0.25) is 4.79 Å². The first-order valence-electron chi connectivity index (χ1n) is 10.3. The van der Waals surface area contributed by atoms with Gasteiger partial charge in [-0.05, 0) is 43.2 Å². The van der Waals surface area contributed by atoms with Gasteiger partial charge < -0.3 is 14.5 Å². The molecule has 1 aromatic carbocycles. The van der Waals surface area contributed by atoms with Gasteiger partial charge in [0.1, 0.15) is 11.6 Å². The first-order chi connectivity index (χ1) is 15.7. The maximum absolute atomic E-state index is 13.1. The third-order valence-corrected chi connectivity index (χ3v) is 5.93. The molecule has 1 amide bonds. The number of fused-ring (bicyclic) bond motifs is 1. The van der Waals surface area contributed by atoms with Crippen molar-refractivity contribution < 1.29 is 22.7 Å². The van der Waals surface area contributed by atoms with E-state index in [1.54, 1.807) is 43.3 Å². The minimum atomic E-state index is -4.65. The van der Waals surface area contributed by atoms with Gasteiger partial charge in [0, 0.05) is 43.2 Å². The van der Waals surface area contributed by atoms with Crippen LogP contribution in [0.1, 0.15) is 24.2 Å². The molecule has 1 aliphatic rings. The van der Waals surface area contributed by atoms with Crippen molar-refractivity contribution in [3.8, 4) is 5.75 Å². The van der Waals surface area contributed by atoms with Crippen molar-refractivity contribution in [1.29, 1.82) is 0 Å². The molecule has 4 rings (SSSR count). The van der Waals surface area contributed by atoms with E-state index in [4.69, 9.17) is 16.3 Å². The second kappa shape index (κ2) is 9.05. The number of ether oxygens (including phenoxy) is 1. The molecule has 2 aromatic heterocycles. The van der Waals surface area contributed by atoms with E-state index in [9.17, 15) is 18.0 Å². The lowest BCUT2D eigenvalue weighted by Crippen LogP contribution is -2.41. The molecule has 1 fully saturated rings. The second-order valence-corrected chi connectivity index (χ2v) is 8.33. The SMILES string of the molecule is COc1ccc(Cl)cc1CN(C)C(=O)C1CCN(c2ccc3nnc(C(F)(F)F)n3n2)CC1. The van der Waals surface area contributed by atoms with Gasteiger partial charge >= 0.3 is 6.18 Å². The largest absolute Gasteiger partial charge is 0.496 e. The van der Waals surface area contributed by atoms with Crippen LogP contribution in [0.3, 0.4) is 0 Å². The summed E-state index contributed by atoms with van der Waals surface area (Å²) in [5, 5.41) is 11.4. The molecule has 3 heterocycles. The molecule has 0 atom stereocenters. The molecule has 0 spiro atoms. The van der Waals surface area contributed by atoms with Crippen LogP contribution < -0.4 is 9.64 Å². The van der Waals surface area contributed by atoms with Crippen LogP contribution in [0.25, 0.3) is 5.65 Å². The highest BCUT2D eigenvalue weighted by atomic mass is 35.5. The number of piperidine rings is 1. The predicted octanol–water partition coefficient (Wildman–Crippen LogP) is 3.68. The van der Waals surface area contributed by atoms with Gasteiger partial charge in [0.2, 0.25) is 5.91 Å². The normalized spacial score (nSPS) is 15.2. The van der Waals surface area contributed by atoms with Gasteiger partial charge in [0.05, 0.1) is 7.11 Å². The predicted molar refractivity (Wildman–Crippen MR) is 115 cm³/mol. The molecule has 12 heteroatoms. The van der Waals surface area contributed by atoms with Crippen LogP contribution >= 0.6 is 11.6 Å². The Morgan fingerprint density at radius 3 is 2.61 bits per heavy atom. The third-order valence-electron chi connectivity index (χ3n) is 5.70. The van der Waals surface area contributed by atoms with Crippen LogP contribution in [0.15, 0.2) is 30.3 Å². The van der Waals surface area contributed by atoms with Gasteiger partial charge in [0.15, 0.2) is 5.65 Å². The Balaban J connectivity index is 1.41. The molecule has 33 heavy (non-hydrogen) atoms. The zero-order valence-electron chi connectivity index (χ0n) is 18.0. The van der Waals surface area contributed by atoms with E-state index in [-0.39, 0.29) is 17.5 Å². The Morgan fingerprint density at radius 1 is 1.21 bits per heavy atom. The summed E-state index contributed by atoms with van der Waals surface area (Å²) in [6, 6.07) is 8.33. The zero-order chi connectivity index (χ0) is 23.8. The molecule has 0 radical (unpaired) electrons. The monoisotopic (exact) mass is 482 g/mol. The Labute approximate surface area is 192 Å². The molecule has 3 aromatic rings. The number of methoxy groups -OCH3 is 1. The van der Waals surface area contributed by atoms with Crippen molar-refractivity contribution in [1.82, 2.24) is 24.7 Å². The zero-order valence-corrected chi connectivity index (χ0v) is 18.8. The van der Waals surface area contributed by atoms with Crippen LogP contribution in [-0.2, 0) is 17.5 Å². The molecule has 0 N–H and O–H groups in total. The van der Waals surface area contributed by atoms with E-state index in [0.717, 1.165) is 5.56 Å². The summed E-state index contributed by atoms with van der Waals surface area (Å²) in [6.45, 7) is 1.34. The average molecular weight is 483 g/mol. The van der Waals surface area contributed by atoms with Crippen molar-refractivity contribution in [3.63, 3.8) is 0 Å². The lowest BCUT2D eigenvalue weighted by Gasteiger charge is -2.34. The minimum Gasteiger partial charge on any atom is -0.496 e. The highest BCUT2D eigenvalue weighted by Gasteiger charge is 2.38. The summed E-state index contributed by atoms with van der Waals surface area (Å²) >= 11 is 6.08. The van der Waals surface area contributed by atoms with Crippen LogP contribution in [0.2, 0.25) is 5.02 Å². The summed E-state index contributed by atoms with van der Waals surface area (Å²) in [5.41, 5.74) is 0.833. The standard InChI is InChI=1S/C21H22ClF3N6O2/c1-29(12-14-11-15(22)3-4-16(14)33-2)19(32)13-7-9-30(10-8-13)18-6-5-17-26-27-20(21(23,24)25)31(17)28-18/h3-6,11,13H,7-10,12H2,1-2H3. The van der Waals surface area contributed by atoms with Crippen LogP contribution in [0.4, 0.5) is 19.0 Å². The average Bonchev–Trinajstić information content (AvgIpc) is 3.23. The number of anilines is 1. The molecule has 0 saturated carbocycles. The topological polar surface area (TPSA) is 75.9 Å². The van der Waals surface area contributed by atoms with E-state index in [2.05, 4.69) is 15.3 Å². The number of halogens is 4. The fraction of sp³-hybridized carbons (Fsp3) is 0.429. The Bertz CT molecular complexity index is 1160. The number of amides is 1. The van der Waals surface area contributed by atoms with Gasteiger partial charge in [-0.1, -0.05) is 11.6 Å². The molecule has 1 aliphatic heterocycles. The lowest BCUT2D eigenvalue weighted by atomic mass is 9.95. The van der Waals surface area contributed by atoms with Gasteiger partial charge in [0.25, 0.3) is 5.82 Å². The molecule has 0 bridgehead atoms. The van der Waals surface area contributed by atoms with Crippen molar-refractivity contribution in [2.45, 2.75) is 25.6 Å². The molecular formula is C21H22ClF3N6O2. The number of hydrogen-bond acceptors (Lipinski definition) is 6. The summed E-state index contributed by atoms with van der Waals surface area (Å²) < 4.78 is 45.5. The Hall–Kier alpha value is -3.08. The maximum atomic E-state index is 13.1. The van der Waals surface area contributed by atoms with Crippen LogP contribution in [0, 0.1) is 5.92 Å². The van der Waals surface area contributed by atoms with E-state index in [1.165, 1.54) is 6.07 Å². The first kappa shape index (κ1) is 23.1. The lowest BCUT2D eigenvalue weighted by molar-refractivity contribution is -0.146. The molecular weight excluding hydrogens is 461 g/mol. The number of rotatable bonds is 5. The number of benzene rings is 1. The number of aromatic nitrogens is 4. The van der Waals surface area contributed by atoms with E-state index in [1.807, 2.05) is 4.90 Å². The molecule has 1 saturated heterocycles. The maximum Gasteiger partial charge on any atom is 0.453 e. The Kier molecular flexibility index (Phi) is 6.33. The molecule has 176 valence electrons. The quantitative estimate of drug-likeness (QED) is 0.552. The van der Waals surface area contributed by atoms with Crippen molar-refractivity contribution >= 4 is 29.0 Å². The second-order valence-electron chi connectivity index (χ2n) is 7.89. The molecule has 8 nitrogen and oxygen atoms in total. The summed E-state index contributed by atoms with van der Waals surface area (Å²) in [6.07, 6.45) is -3.53. The highest BCUT2D eigenvalue weighted by Crippen LogP contribution is 2.29. The molecule has 0 unspecified atom stereocenters. The number of hydrogen-bond donors (Lipinski definition) is 0. The van der Waals surface area contributed by atoms with Crippen LogP contribution in [-0.4, -0.2) is 57.9 Å². The number of carbonyl (C=O) groups excluding carboxylic acids is 1. The van der Waals surface area contributed by atoms with Crippen LogP contribution in [0.5, 0.6) is 5.75 Å². The number of carbonyl (C=O) groups is 1. The van der Waals surface area contributed by atoms with E-state index < -0.39 is 12.0 Å². The van der Waals surface area contributed by atoms with Gasteiger partial charge in [-0.25, -0.2) is 0 Å². The summed E-state index contributed by atoms with van der Waals surface area (Å²) in [5.74, 6) is -0.320. The third kappa shape index (κ3) is 4.82. The smallest absolute Gasteiger partial charge is 0.453 e. The fourth-order valence-electron chi connectivity index (χ4n) is 4.00. The Morgan fingerprint density at radius 2 is 1.94 bits per heavy atom. The van der Waals surface area contributed by atoms with Gasteiger partial charge in [-0.15, -0.1) is 15.3 Å². The number of alkyl halides is 3. The van der Waals surface area contributed by atoms with Crippen molar-refractivity contribution in [2.75, 3.05) is 32.1 Å². The minimum absolute atomic E-state index is 0.00161. The van der Waals surface area contributed by atoms with Gasteiger partial charge in [-0.2, -0.15) is 17.7 Å². The van der Waals surface area contributed by atoms with E-state index in [0.29, 0.717) is 53.6 Å². The van der Waals surface area contributed by atoms with Crippen molar-refractivity contribution in [2.24, 2.45) is 5.92 Å².